The molecule has 1 unspecified atom stereocenters. The van der Waals surface area contributed by atoms with Crippen LogP contribution in [0.3, 0.4) is 0 Å². The smallest absolute Gasteiger partial charge is 0.230 e. The highest BCUT2D eigenvalue weighted by molar-refractivity contribution is 7.07. The van der Waals surface area contributed by atoms with Gasteiger partial charge in [-0.05, 0) is 48.1 Å². The van der Waals surface area contributed by atoms with Gasteiger partial charge in [0.05, 0.1) is 11.5 Å². The largest absolute Gasteiger partial charge is 0.335 e. The Labute approximate surface area is 106 Å². The standard InChI is InChI=1S/C13H18N2OS/c14-9-13(4-5-13)12(16)15-6-1-2-11(15)10-3-7-17-8-10/h3,7-8,11H,1-2,4-6,9,14H2. The van der Waals surface area contributed by atoms with Gasteiger partial charge in [-0.25, -0.2) is 0 Å². The van der Waals surface area contributed by atoms with E-state index in [-0.39, 0.29) is 5.41 Å². The maximum Gasteiger partial charge on any atom is 0.230 e. The molecule has 2 aliphatic rings. The van der Waals surface area contributed by atoms with E-state index < -0.39 is 0 Å². The van der Waals surface area contributed by atoms with E-state index in [0.29, 0.717) is 18.5 Å². The fourth-order valence-corrected chi connectivity index (χ4v) is 3.49. The zero-order valence-electron chi connectivity index (χ0n) is 9.89. The van der Waals surface area contributed by atoms with Crippen LogP contribution in [0.4, 0.5) is 0 Å². The molecule has 1 aromatic heterocycles. The molecule has 4 heteroatoms. The lowest BCUT2D eigenvalue weighted by Gasteiger charge is -2.28. The molecule has 1 aliphatic heterocycles. The van der Waals surface area contributed by atoms with Gasteiger partial charge in [0.15, 0.2) is 0 Å². The molecule has 1 aliphatic carbocycles. The molecule has 0 spiro atoms. The lowest BCUT2D eigenvalue weighted by Crippen LogP contribution is -2.40. The number of rotatable bonds is 3. The lowest BCUT2D eigenvalue weighted by molar-refractivity contribution is -0.137. The first kappa shape index (κ1) is 11.2. The fourth-order valence-electron chi connectivity index (χ4n) is 2.78. The van der Waals surface area contributed by atoms with Crippen molar-refractivity contribution in [2.75, 3.05) is 13.1 Å². The Bertz CT molecular complexity index is 411. The Morgan fingerprint density at radius 2 is 2.41 bits per heavy atom. The molecule has 3 rings (SSSR count). The van der Waals surface area contributed by atoms with E-state index in [4.69, 9.17) is 5.73 Å². The van der Waals surface area contributed by atoms with Gasteiger partial charge < -0.3 is 10.6 Å². The zero-order valence-corrected chi connectivity index (χ0v) is 10.7. The van der Waals surface area contributed by atoms with Crippen LogP contribution in [0.15, 0.2) is 16.8 Å². The second-order valence-corrected chi connectivity index (χ2v) is 5.98. The predicted octanol–water partition coefficient (Wildman–Crippen LogP) is 2.15. The normalized spacial score (nSPS) is 26.2. The first-order valence-electron chi connectivity index (χ1n) is 6.30. The maximum atomic E-state index is 12.5. The number of likely N-dealkylation sites (tertiary alicyclic amines) is 1. The molecule has 17 heavy (non-hydrogen) atoms. The van der Waals surface area contributed by atoms with E-state index in [0.717, 1.165) is 32.2 Å². The number of nitrogens with zero attached hydrogens (tertiary/aromatic N) is 1. The summed E-state index contributed by atoms with van der Waals surface area (Å²) in [6.45, 7) is 1.42. The van der Waals surface area contributed by atoms with Gasteiger partial charge in [0.1, 0.15) is 0 Å². The Morgan fingerprint density at radius 3 is 3.00 bits per heavy atom. The molecular formula is C13H18N2OS. The van der Waals surface area contributed by atoms with Crippen molar-refractivity contribution < 1.29 is 4.79 Å². The molecule has 0 aromatic carbocycles. The third-order valence-corrected chi connectivity index (χ3v) is 4.84. The highest BCUT2D eigenvalue weighted by Gasteiger charge is 2.52. The van der Waals surface area contributed by atoms with Crippen LogP contribution in [0.25, 0.3) is 0 Å². The van der Waals surface area contributed by atoms with Crippen LogP contribution in [0.1, 0.15) is 37.3 Å². The van der Waals surface area contributed by atoms with Crippen molar-refractivity contribution in [3.05, 3.63) is 22.4 Å². The number of thiophene rings is 1. The van der Waals surface area contributed by atoms with Gasteiger partial charge in [-0.1, -0.05) is 0 Å². The summed E-state index contributed by atoms with van der Waals surface area (Å²) in [4.78, 5) is 14.6. The average Bonchev–Trinajstić information content (AvgIpc) is 2.81. The fraction of sp³-hybridized carbons (Fsp3) is 0.615. The molecule has 2 N–H and O–H groups in total. The van der Waals surface area contributed by atoms with E-state index >= 15 is 0 Å². The zero-order chi connectivity index (χ0) is 11.9. The van der Waals surface area contributed by atoms with Crippen molar-refractivity contribution in [2.45, 2.75) is 31.7 Å². The highest BCUT2D eigenvalue weighted by atomic mass is 32.1. The van der Waals surface area contributed by atoms with Crippen molar-refractivity contribution in [2.24, 2.45) is 11.1 Å². The minimum absolute atomic E-state index is 0.196. The topological polar surface area (TPSA) is 46.3 Å². The third kappa shape index (κ3) is 1.79. The van der Waals surface area contributed by atoms with Crippen molar-refractivity contribution in [3.63, 3.8) is 0 Å². The maximum absolute atomic E-state index is 12.5. The molecule has 1 atom stereocenters. The summed E-state index contributed by atoms with van der Waals surface area (Å²) < 4.78 is 0. The summed E-state index contributed by atoms with van der Waals surface area (Å²) in [5.74, 6) is 0.300. The Balaban J connectivity index is 1.80. The number of nitrogens with two attached hydrogens (primary N) is 1. The van der Waals surface area contributed by atoms with Crippen LogP contribution in [-0.2, 0) is 4.79 Å². The van der Waals surface area contributed by atoms with Gasteiger partial charge >= 0.3 is 0 Å². The molecule has 0 radical (unpaired) electrons. The summed E-state index contributed by atoms with van der Waals surface area (Å²) in [5, 5.41) is 4.25. The third-order valence-electron chi connectivity index (χ3n) is 4.14. The van der Waals surface area contributed by atoms with Gasteiger partial charge in [0.25, 0.3) is 0 Å². The van der Waals surface area contributed by atoms with Gasteiger partial charge in [0, 0.05) is 13.1 Å². The van der Waals surface area contributed by atoms with Crippen LogP contribution in [-0.4, -0.2) is 23.9 Å². The Morgan fingerprint density at radius 1 is 1.59 bits per heavy atom. The molecule has 92 valence electrons. The van der Waals surface area contributed by atoms with Crippen LogP contribution in [0, 0.1) is 5.41 Å². The van der Waals surface area contributed by atoms with Crippen molar-refractivity contribution in [1.29, 1.82) is 0 Å². The van der Waals surface area contributed by atoms with Crippen LogP contribution < -0.4 is 5.73 Å². The predicted molar refractivity (Wildman–Crippen MR) is 68.7 cm³/mol. The van der Waals surface area contributed by atoms with E-state index in [1.165, 1.54) is 5.56 Å². The number of carbonyl (C=O) groups is 1. The summed E-state index contributed by atoms with van der Waals surface area (Å²) in [7, 11) is 0. The van der Waals surface area contributed by atoms with Crippen LogP contribution in [0.2, 0.25) is 0 Å². The molecule has 2 heterocycles. The second kappa shape index (κ2) is 4.10. The van der Waals surface area contributed by atoms with Gasteiger partial charge in [-0.2, -0.15) is 11.3 Å². The summed E-state index contributed by atoms with van der Waals surface area (Å²) in [6.07, 6.45) is 4.18. The van der Waals surface area contributed by atoms with Gasteiger partial charge in [-0.3, -0.25) is 4.79 Å². The molecule has 1 saturated carbocycles. The summed E-state index contributed by atoms with van der Waals surface area (Å²) >= 11 is 1.71. The minimum atomic E-state index is -0.196. The summed E-state index contributed by atoms with van der Waals surface area (Å²) in [6, 6.07) is 2.45. The monoisotopic (exact) mass is 250 g/mol. The first-order valence-corrected chi connectivity index (χ1v) is 7.24. The number of carbonyl (C=O) groups excluding carboxylic acids is 1. The molecular weight excluding hydrogens is 232 g/mol. The molecule has 1 amide bonds. The lowest BCUT2D eigenvalue weighted by atomic mass is 10.0. The van der Waals surface area contributed by atoms with E-state index in [1.54, 1.807) is 11.3 Å². The second-order valence-electron chi connectivity index (χ2n) is 5.20. The minimum Gasteiger partial charge on any atom is -0.335 e. The van der Waals surface area contributed by atoms with Gasteiger partial charge in [0.2, 0.25) is 5.91 Å². The number of hydrogen-bond donors (Lipinski definition) is 1. The quantitative estimate of drug-likeness (QED) is 0.893. The van der Waals surface area contributed by atoms with E-state index in [9.17, 15) is 4.79 Å². The molecule has 1 saturated heterocycles. The highest BCUT2D eigenvalue weighted by Crippen LogP contribution is 2.48. The molecule has 1 aromatic rings. The van der Waals surface area contributed by atoms with E-state index in [2.05, 4.69) is 21.7 Å². The van der Waals surface area contributed by atoms with Crippen LogP contribution >= 0.6 is 11.3 Å². The average molecular weight is 250 g/mol. The van der Waals surface area contributed by atoms with Gasteiger partial charge in [-0.15, -0.1) is 0 Å². The molecule has 3 nitrogen and oxygen atoms in total. The summed E-state index contributed by atoms with van der Waals surface area (Å²) in [5.41, 5.74) is 6.86. The van der Waals surface area contributed by atoms with Crippen molar-refractivity contribution >= 4 is 17.2 Å². The Kier molecular flexibility index (Phi) is 2.71. The SMILES string of the molecule is NCC1(C(=O)N2CCCC2c2ccsc2)CC1. The molecule has 0 bridgehead atoms. The van der Waals surface area contributed by atoms with Crippen molar-refractivity contribution in [1.82, 2.24) is 4.90 Å². The first-order chi connectivity index (χ1) is 8.27. The van der Waals surface area contributed by atoms with E-state index in [1.807, 2.05) is 0 Å². The van der Waals surface area contributed by atoms with Crippen molar-refractivity contribution in [3.8, 4) is 0 Å². The number of amides is 1. The van der Waals surface area contributed by atoms with Crippen LogP contribution in [0.5, 0.6) is 0 Å². The number of hydrogen-bond acceptors (Lipinski definition) is 3. The molecule has 2 fully saturated rings. The Hall–Kier alpha value is -0.870.